The number of carboxylic acid groups (broad SMARTS) is 1. The summed E-state index contributed by atoms with van der Waals surface area (Å²) in [6, 6.07) is 4.75. The third-order valence-corrected chi connectivity index (χ3v) is 3.34. The van der Waals surface area contributed by atoms with E-state index in [1.807, 2.05) is 0 Å². The number of carbonyl (C=O) groups is 1. The maximum Gasteiger partial charge on any atom is 0.338 e. The maximum atomic E-state index is 13.5. The molecule has 0 heterocycles. The SMILES string of the molecule is CC(C)N(C)CCCNCc1ccc(C(=O)O)c(F)c1. The average molecular weight is 282 g/mol. The molecule has 20 heavy (non-hydrogen) atoms. The molecule has 0 atom stereocenters. The average Bonchev–Trinajstić information content (AvgIpc) is 2.37. The lowest BCUT2D eigenvalue weighted by Crippen LogP contribution is -2.29. The van der Waals surface area contributed by atoms with Crippen molar-refractivity contribution < 1.29 is 14.3 Å². The monoisotopic (exact) mass is 282 g/mol. The lowest BCUT2D eigenvalue weighted by molar-refractivity contribution is 0.0692. The fraction of sp³-hybridized carbons (Fsp3) is 0.533. The van der Waals surface area contributed by atoms with E-state index in [9.17, 15) is 9.18 Å². The van der Waals surface area contributed by atoms with Gasteiger partial charge in [0.25, 0.3) is 0 Å². The van der Waals surface area contributed by atoms with E-state index in [0.29, 0.717) is 12.6 Å². The Morgan fingerprint density at radius 1 is 1.45 bits per heavy atom. The van der Waals surface area contributed by atoms with Crippen LogP contribution in [0.25, 0.3) is 0 Å². The molecule has 2 N–H and O–H groups in total. The van der Waals surface area contributed by atoms with Crippen LogP contribution in [0, 0.1) is 5.82 Å². The molecule has 0 aliphatic rings. The first-order valence-electron chi connectivity index (χ1n) is 6.84. The number of aromatic carboxylic acids is 1. The zero-order chi connectivity index (χ0) is 15.1. The Kier molecular flexibility index (Phi) is 6.61. The van der Waals surface area contributed by atoms with E-state index in [1.165, 1.54) is 12.1 Å². The molecule has 0 saturated heterocycles. The molecule has 0 aliphatic carbocycles. The lowest BCUT2D eigenvalue weighted by atomic mass is 10.1. The van der Waals surface area contributed by atoms with Crippen LogP contribution in [0.5, 0.6) is 0 Å². The Morgan fingerprint density at radius 3 is 2.70 bits per heavy atom. The summed E-state index contributed by atoms with van der Waals surface area (Å²) in [7, 11) is 2.09. The smallest absolute Gasteiger partial charge is 0.338 e. The number of hydrogen-bond donors (Lipinski definition) is 2. The second-order valence-electron chi connectivity index (χ2n) is 5.22. The second-order valence-corrected chi connectivity index (χ2v) is 5.22. The summed E-state index contributed by atoms with van der Waals surface area (Å²) in [5, 5.41) is 12.0. The molecular formula is C15H23FN2O2. The highest BCUT2D eigenvalue weighted by Gasteiger charge is 2.10. The van der Waals surface area contributed by atoms with Gasteiger partial charge in [-0.2, -0.15) is 0 Å². The summed E-state index contributed by atoms with van der Waals surface area (Å²) in [4.78, 5) is 13.0. The summed E-state index contributed by atoms with van der Waals surface area (Å²) < 4.78 is 13.5. The van der Waals surface area contributed by atoms with Crippen molar-refractivity contribution in [1.82, 2.24) is 10.2 Å². The van der Waals surface area contributed by atoms with Gasteiger partial charge >= 0.3 is 5.97 Å². The van der Waals surface area contributed by atoms with Gasteiger partial charge in [-0.25, -0.2) is 9.18 Å². The topological polar surface area (TPSA) is 52.6 Å². The summed E-state index contributed by atoms with van der Waals surface area (Å²) in [5.41, 5.74) is 0.469. The summed E-state index contributed by atoms with van der Waals surface area (Å²) in [5.74, 6) is -1.92. The Labute approximate surface area is 119 Å². The highest BCUT2D eigenvalue weighted by atomic mass is 19.1. The first kappa shape index (κ1) is 16.6. The molecular weight excluding hydrogens is 259 g/mol. The van der Waals surface area contributed by atoms with Crippen LogP contribution in [-0.4, -0.2) is 42.2 Å². The largest absolute Gasteiger partial charge is 0.478 e. The maximum absolute atomic E-state index is 13.5. The van der Waals surface area contributed by atoms with Crippen molar-refractivity contribution in [2.24, 2.45) is 0 Å². The molecule has 5 heteroatoms. The highest BCUT2D eigenvalue weighted by molar-refractivity contribution is 5.87. The Morgan fingerprint density at radius 2 is 2.15 bits per heavy atom. The predicted octanol–water partition coefficient (Wildman–Crippen LogP) is 2.34. The zero-order valence-corrected chi connectivity index (χ0v) is 12.3. The Balaban J connectivity index is 2.32. The van der Waals surface area contributed by atoms with Crippen molar-refractivity contribution in [3.05, 3.63) is 35.1 Å². The van der Waals surface area contributed by atoms with Crippen molar-refractivity contribution in [1.29, 1.82) is 0 Å². The van der Waals surface area contributed by atoms with Gasteiger partial charge in [0.05, 0.1) is 5.56 Å². The van der Waals surface area contributed by atoms with Gasteiger partial charge in [-0.15, -0.1) is 0 Å². The molecule has 1 aromatic carbocycles. The molecule has 4 nitrogen and oxygen atoms in total. The quantitative estimate of drug-likeness (QED) is 0.719. The third kappa shape index (κ3) is 5.27. The number of halogens is 1. The summed E-state index contributed by atoms with van der Waals surface area (Å²) in [6.07, 6.45) is 1.02. The minimum atomic E-state index is -1.24. The van der Waals surface area contributed by atoms with Crippen molar-refractivity contribution in [2.45, 2.75) is 32.9 Å². The van der Waals surface area contributed by atoms with Crippen molar-refractivity contribution in [2.75, 3.05) is 20.1 Å². The lowest BCUT2D eigenvalue weighted by Gasteiger charge is -2.20. The van der Waals surface area contributed by atoms with Gasteiger partial charge in [-0.3, -0.25) is 0 Å². The number of hydrogen-bond acceptors (Lipinski definition) is 3. The summed E-state index contributed by atoms with van der Waals surface area (Å²) in [6.45, 7) is 6.71. The van der Waals surface area contributed by atoms with Gasteiger partial charge in [0.2, 0.25) is 0 Å². The zero-order valence-electron chi connectivity index (χ0n) is 12.3. The number of carboxylic acids is 1. The van der Waals surface area contributed by atoms with E-state index in [4.69, 9.17) is 5.11 Å². The summed E-state index contributed by atoms with van der Waals surface area (Å²) >= 11 is 0. The molecule has 0 spiro atoms. The minimum absolute atomic E-state index is 0.285. The first-order chi connectivity index (χ1) is 9.41. The fourth-order valence-corrected chi connectivity index (χ4v) is 1.79. The van der Waals surface area contributed by atoms with Gasteiger partial charge in [-0.05, 0) is 58.1 Å². The van der Waals surface area contributed by atoms with Crippen LogP contribution in [0.2, 0.25) is 0 Å². The van der Waals surface area contributed by atoms with E-state index in [2.05, 4.69) is 31.1 Å². The highest BCUT2D eigenvalue weighted by Crippen LogP contribution is 2.10. The molecule has 0 unspecified atom stereocenters. The minimum Gasteiger partial charge on any atom is -0.478 e. The van der Waals surface area contributed by atoms with E-state index in [1.54, 1.807) is 6.07 Å². The Bertz CT molecular complexity index is 449. The molecule has 0 radical (unpaired) electrons. The fourth-order valence-electron chi connectivity index (χ4n) is 1.79. The van der Waals surface area contributed by atoms with Crippen LogP contribution >= 0.6 is 0 Å². The predicted molar refractivity (Wildman–Crippen MR) is 77.4 cm³/mol. The van der Waals surface area contributed by atoms with E-state index >= 15 is 0 Å². The molecule has 0 fully saturated rings. The molecule has 1 rings (SSSR count). The van der Waals surface area contributed by atoms with Crippen LogP contribution in [0.4, 0.5) is 4.39 Å². The molecule has 0 amide bonds. The number of nitrogens with zero attached hydrogens (tertiary/aromatic N) is 1. The normalized spacial score (nSPS) is 11.3. The second kappa shape index (κ2) is 7.97. The standard InChI is InChI=1S/C15H23FN2O2/c1-11(2)18(3)8-4-7-17-10-12-5-6-13(15(19)20)14(16)9-12/h5-6,9,11,17H,4,7-8,10H2,1-3H3,(H,19,20). The van der Waals surface area contributed by atoms with E-state index in [-0.39, 0.29) is 5.56 Å². The molecule has 0 aliphatic heterocycles. The number of benzene rings is 1. The van der Waals surface area contributed by atoms with Crippen LogP contribution < -0.4 is 5.32 Å². The third-order valence-electron chi connectivity index (χ3n) is 3.34. The van der Waals surface area contributed by atoms with E-state index in [0.717, 1.165) is 25.1 Å². The van der Waals surface area contributed by atoms with Gasteiger partial charge in [0, 0.05) is 12.6 Å². The number of nitrogens with one attached hydrogen (secondary N) is 1. The van der Waals surface area contributed by atoms with Crippen LogP contribution in [-0.2, 0) is 6.54 Å². The molecule has 0 aromatic heterocycles. The van der Waals surface area contributed by atoms with Gasteiger partial charge in [-0.1, -0.05) is 6.07 Å². The van der Waals surface area contributed by atoms with Crippen molar-refractivity contribution in [3.63, 3.8) is 0 Å². The van der Waals surface area contributed by atoms with Crippen LogP contribution in [0.1, 0.15) is 36.2 Å². The Hall–Kier alpha value is -1.46. The van der Waals surface area contributed by atoms with Crippen LogP contribution in [0.3, 0.4) is 0 Å². The molecule has 0 bridgehead atoms. The van der Waals surface area contributed by atoms with Gasteiger partial charge < -0.3 is 15.3 Å². The van der Waals surface area contributed by atoms with Crippen molar-refractivity contribution >= 4 is 5.97 Å². The van der Waals surface area contributed by atoms with Crippen LogP contribution in [0.15, 0.2) is 18.2 Å². The van der Waals surface area contributed by atoms with Gasteiger partial charge in [0.15, 0.2) is 0 Å². The molecule has 1 aromatic rings. The molecule has 112 valence electrons. The van der Waals surface area contributed by atoms with Crippen molar-refractivity contribution in [3.8, 4) is 0 Å². The first-order valence-corrected chi connectivity index (χ1v) is 6.84. The number of rotatable bonds is 8. The van der Waals surface area contributed by atoms with Gasteiger partial charge in [0.1, 0.15) is 5.82 Å². The van der Waals surface area contributed by atoms with E-state index < -0.39 is 11.8 Å². The molecule has 0 saturated carbocycles.